The van der Waals surface area contributed by atoms with Gasteiger partial charge in [-0.3, -0.25) is 9.78 Å². The van der Waals surface area contributed by atoms with E-state index in [9.17, 15) is 31.1 Å². The Kier molecular flexibility index (Phi) is 11.7. The van der Waals surface area contributed by atoms with Gasteiger partial charge in [-0.1, -0.05) is 6.07 Å². The zero-order valence-electron chi connectivity index (χ0n) is 19.0. The van der Waals surface area contributed by atoms with Crippen LogP contribution in [0.5, 0.6) is 0 Å². The molecule has 1 amide bonds. The Bertz CT molecular complexity index is 1010. The molecule has 3 rings (SSSR count). The Morgan fingerprint density at radius 1 is 1.08 bits per heavy atom. The number of aliphatic carboxylic acids is 2. The van der Waals surface area contributed by atoms with E-state index >= 15 is 0 Å². The van der Waals surface area contributed by atoms with E-state index in [1.807, 2.05) is 24.4 Å². The van der Waals surface area contributed by atoms with Crippen LogP contribution in [-0.2, 0) is 25.7 Å². The number of nitrogens with zero attached hydrogens (tertiary/aromatic N) is 4. The number of ether oxygens (including phenoxy) is 1. The molecule has 37 heavy (non-hydrogen) atoms. The molecule has 2 aromatic rings. The van der Waals surface area contributed by atoms with Crippen LogP contribution in [0, 0.1) is 0 Å². The number of carboxylic acid groups (broad SMARTS) is 2. The van der Waals surface area contributed by atoms with Crippen molar-refractivity contribution in [1.29, 1.82) is 0 Å². The van der Waals surface area contributed by atoms with Gasteiger partial charge in [-0.05, 0) is 17.7 Å². The van der Waals surface area contributed by atoms with Crippen LogP contribution in [0.15, 0.2) is 36.8 Å². The monoisotopic (exact) mass is 541 g/mol. The van der Waals surface area contributed by atoms with Crippen LogP contribution in [0.1, 0.15) is 24.4 Å². The van der Waals surface area contributed by atoms with Crippen molar-refractivity contribution in [2.45, 2.75) is 31.9 Å². The van der Waals surface area contributed by atoms with Crippen molar-refractivity contribution in [3.8, 4) is 0 Å². The van der Waals surface area contributed by atoms with Crippen LogP contribution in [0.4, 0.5) is 32.2 Å². The molecule has 3 heterocycles. The number of nitrogens with one attached hydrogen (secondary N) is 1. The second-order valence-electron chi connectivity index (χ2n) is 6.92. The number of hydrogen-bond acceptors (Lipinski definition) is 8. The summed E-state index contributed by atoms with van der Waals surface area (Å²) < 4.78 is 69.0. The molecule has 1 atom stereocenters. The van der Waals surface area contributed by atoms with E-state index in [0.29, 0.717) is 37.9 Å². The Morgan fingerprint density at radius 3 is 2.16 bits per heavy atom. The summed E-state index contributed by atoms with van der Waals surface area (Å²) in [6.07, 6.45) is -4.92. The molecule has 1 saturated heterocycles. The number of rotatable bonds is 4. The van der Waals surface area contributed by atoms with E-state index in [0.717, 1.165) is 5.56 Å². The van der Waals surface area contributed by atoms with E-state index < -0.39 is 24.3 Å². The van der Waals surface area contributed by atoms with Gasteiger partial charge in [0.2, 0.25) is 5.91 Å². The zero-order valence-corrected chi connectivity index (χ0v) is 19.0. The van der Waals surface area contributed by atoms with Crippen LogP contribution in [0.2, 0.25) is 0 Å². The molecule has 1 aliphatic heterocycles. The smallest absolute Gasteiger partial charge is 0.475 e. The number of carboxylic acids is 2. The van der Waals surface area contributed by atoms with E-state index in [-0.39, 0.29) is 11.9 Å². The second kappa shape index (κ2) is 13.9. The molecule has 204 valence electrons. The van der Waals surface area contributed by atoms with Gasteiger partial charge in [0.05, 0.1) is 13.2 Å². The summed E-state index contributed by atoms with van der Waals surface area (Å²) in [5.74, 6) is -4.19. The minimum atomic E-state index is -5.08. The van der Waals surface area contributed by atoms with Gasteiger partial charge in [0, 0.05) is 38.6 Å². The molecule has 1 fully saturated rings. The first-order chi connectivity index (χ1) is 17.1. The highest BCUT2D eigenvalue weighted by molar-refractivity contribution is 5.74. The number of carbonyl (C=O) groups is 3. The van der Waals surface area contributed by atoms with E-state index in [4.69, 9.17) is 24.5 Å². The van der Waals surface area contributed by atoms with Crippen molar-refractivity contribution < 1.29 is 55.7 Å². The topological polar surface area (TPSA) is 155 Å². The van der Waals surface area contributed by atoms with Gasteiger partial charge in [0.15, 0.2) is 5.82 Å². The first-order valence-corrected chi connectivity index (χ1v) is 10.0. The lowest BCUT2D eigenvalue weighted by Gasteiger charge is -2.33. The van der Waals surface area contributed by atoms with Gasteiger partial charge in [-0.15, -0.1) is 0 Å². The third-order valence-electron chi connectivity index (χ3n) is 4.19. The molecule has 1 unspecified atom stereocenters. The highest BCUT2D eigenvalue weighted by Gasteiger charge is 2.38. The summed E-state index contributed by atoms with van der Waals surface area (Å²) in [7, 11) is 0. The number of amides is 1. The molecule has 0 saturated carbocycles. The van der Waals surface area contributed by atoms with E-state index in [1.165, 1.54) is 0 Å². The summed E-state index contributed by atoms with van der Waals surface area (Å²) in [5, 5.41) is 17.5. The highest BCUT2D eigenvalue weighted by atomic mass is 19.4. The van der Waals surface area contributed by atoms with E-state index in [1.54, 1.807) is 24.2 Å². The fraction of sp³-hybridized carbons (Fsp3) is 0.400. The quantitative estimate of drug-likeness (QED) is 0.492. The molecule has 0 spiro atoms. The Balaban J connectivity index is 0.000000404. The maximum Gasteiger partial charge on any atom is 0.490 e. The summed E-state index contributed by atoms with van der Waals surface area (Å²) in [6.45, 7) is 3.72. The van der Waals surface area contributed by atoms with Crippen molar-refractivity contribution >= 4 is 23.7 Å². The summed E-state index contributed by atoms with van der Waals surface area (Å²) >= 11 is 0. The number of hydrogen-bond donors (Lipinski definition) is 3. The SMILES string of the molecule is CC(=O)N1CCOCC1c1nccc(NCc2cccnc2)n1.O=C(O)C(F)(F)F.O=C(O)C(F)(F)F. The third-order valence-corrected chi connectivity index (χ3v) is 4.19. The number of morpholine rings is 1. The predicted molar refractivity (Wildman–Crippen MR) is 112 cm³/mol. The minimum Gasteiger partial charge on any atom is -0.475 e. The summed E-state index contributed by atoms with van der Waals surface area (Å²) in [4.78, 5) is 44.2. The maximum absolute atomic E-state index is 11.8. The molecule has 2 aromatic heterocycles. The van der Waals surface area contributed by atoms with Crippen LogP contribution in [0.3, 0.4) is 0 Å². The molecule has 0 radical (unpaired) electrons. The number of aromatic nitrogens is 3. The van der Waals surface area contributed by atoms with Crippen molar-refractivity contribution in [2.75, 3.05) is 25.1 Å². The maximum atomic E-state index is 11.8. The van der Waals surface area contributed by atoms with Crippen molar-refractivity contribution in [2.24, 2.45) is 0 Å². The number of carbonyl (C=O) groups excluding carboxylic acids is 1. The molecule has 17 heteroatoms. The Morgan fingerprint density at radius 2 is 1.68 bits per heavy atom. The lowest BCUT2D eigenvalue weighted by Crippen LogP contribution is -2.43. The number of anilines is 1. The standard InChI is InChI=1S/C16H19N5O2.2C2HF3O2/c1-12(22)21-7-8-23-11-14(21)16-18-6-4-15(20-16)19-10-13-3-2-5-17-9-13;2*3-2(4,5)1(6)7/h2-6,9,14H,7-8,10-11H2,1H3,(H,18,19,20);2*(H,6,7). The van der Waals surface area contributed by atoms with Gasteiger partial charge >= 0.3 is 24.3 Å². The number of halogens is 6. The fourth-order valence-electron chi connectivity index (χ4n) is 2.52. The van der Waals surface area contributed by atoms with Crippen LogP contribution < -0.4 is 5.32 Å². The number of alkyl halides is 6. The normalized spacial score (nSPS) is 15.3. The highest BCUT2D eigenvalue weighted by Crippen LogP contribution is 2.22. The molecule has 0 bridgehead atoms. The fourth-order valence-corrected chi connectivity index (χ4v) is 2.52. The molecule has 3 N–H and O–H groups in total. The predicted octanol–water partition coefficient (Wildman–Crippen LogP) is 2.67. The average molecular weight is 541 g/mol. The average Bonchev–Trinajstić information content (AvgIpc) is 2.83. The van der Waals surface area contributed by atoms with Gasteiger partial charge < -0.3 is 25.2 Å². The third kappa shape index (κ3) is 11.5. The first kappa shape index (κ1) is 31.0. The Hall–Kier alpha value is -4.02. The van der Waals surface area contributed by atoms with Crippen molar-refractivity contribution in [1.82, 2.24) is 19.9 Å². The lowest BCUT2D eigenvalue weighted by molar-refractivity contribution is -0.193. The van der Waals surface area contributed by atoms with Gasteiger partial charge in [-0.2, -0.15) is 26.3 Å². The number of pyridine rings is 1. The van der Waals surface area contributed by atoms with Crippen molar-refractivity contribution in [3.63, 3.8) is 0 Å². The van der Waals surface area contributed by atoms with Gasteiger partial charge in [0.1, 0.15) is 11.9 Å². The van der Waals surface area contributed by atoms with Crippen molar-refractivity contribution in [3.05, 3.63) is 48.2 Å². The molecular formula is C20H21F6N5O6. The van der Waals surface area contributed by atoms with Crippen LogP contribution >= 0.6 is 0 Å². The van der Waals surface area contributed by atoms with Gasteiger partial charge in [0.25, 0.3) is 0 Å². The molecule has 1 aliphatic rings. The Labute approximate surface area is 205 Å². The van der Waals surface area contributed by atoms with Crippen LogP contribution in [0.25, 0.3) is 0 Å². The molecular weight excluding hydrogens is 520 g/mol. The molecule has 0 aliphatic carbocycles. The largest absolute Gasteiger partial charge is 0.490 e. The zero-order chi connectivity index (χ0) is 28.2. The van der Waals surface area contributed by atoms with Gasteiger partial charge in [-0.25, -0.2) is 19.6 Å². The minimum absolute atomic E-state index is 0.00984. The second-order valence-corrected chi connectivity index (χ2v) is 6.92. The summed E-state index contributed by atoms with van der Waals surface area (Å²) in [5.41, 5.74) is 1.07. The van der Waals surface area contributed by atoms with Crippen LogP contribution in [-0.4, -0.2) is 80.0 Å². The molecule has 11 nitrogen and oxygen atoms in total. The van der Waals surface area contributed by atoms with E-state index in [2.05, 4.69) is 20.3 Å². The first-order valence-electron chi connectivity index (χ1n) is 10.0. The summed E-state index contributed by atoms with van der Waals surface area (Å²) in [6, 6.07) is 5.46. The lowest BCUT2D eigenvalue weighted by atomic mass is 10.2. The molecule has 0 aromatic carbocycles.